The average Bonchev–Trinajstić information content (AvgIpc) is 2.43. The van der Waals surface area contributed by atoms with Gasteiger partial charge in [0.05, 0.1) is 5.56 Å². The lowest BCUT2D eigenvalue weighted by Crippen LogP contribution is -2.31. The van der Waals surface area contributed by atoms with Gasteiger partial charge in [0.2, 0.25) is 0 Å². The van der Waals surface area contributed by atoms with E-state index >= 15 is 0 Å². The van der Waals surface area contributed by atoms with E-state index in [1.807, 2.05) is 0 Å². The second-order valence-corrected chi connectivity index (χ2v) is 5.21. The van der Waals surface area contributed by atoms with E-state index < -0.39 is 0 Å². The van der Waals surface area contributed by atoms with Crippen LogP contribution in [0.5, 0.6) is 5.75 Å². The first-order valence-electron chi connectivity index (χ1n) is 6.96. The molecule has 0 radical (unpaired) electrons. The number of amides is 1. The van der Waals surface area contributed by atoms with Crippen LogP contribution in [0.3, 0.4) is 0 Å². The van der Waals surface area contributed by atoms with Gasteiger partial charge in [-0.05, 0) is 56.8 Å². The number of aromatic hydroxyl groups is 1. The van der Waals surface area contributed by atoms with Crippen molar-refractivity contribution in [1.82, 2.24) is 10.6 Å². The molecule has 3 N–H and O–H groups in total. The lowest BCUT2D eigenvalue weighted by Gasteiger charge is -2.22. The maximum atomic E-state index is 12.0. The number of hydrogen-bond acceptors (Lipinski definition) is 3. The maximum absolute atomic E-state index is 12.0. The van der Waals surface area contributed by atoms with Crippen LogP contribution in [-0.4, -0.2) is 30.6 Å². The fraction of sp³-hybridized carbons (Fsp3) is 0.533. The molecule has 0 aromatic heterocycles. The molecular formula is C15H22N2O2. The van der Waals surface area contributed by atoms with E-state index in [1.54, 1.807) is 25.1 Å². The Morgan fingerprint density at radius 2 is 2.16 bits per heavy atom. The Morgan fingerprint density at radius 1 is 1.42 bits per heavy atom. The molecule has 0 saturated carbocycles. The highest BCUT2D eigenvalue weighted by atomic mass is 16.3. The Morgan fingerprint density at radius 3 is 2.89 bits per heavy atom. The van der Waals surface area contributed by atoms with Crippen molar-refractivity contribution >= 4 is 5.91 Å². The highest BCUT2D eigenvalue weighted by Gasteiger charge is 2.15. The molecule has 1 aromatic rings. The normalized spacial score (nSPS) is 16.3. The van der Waals surface area contributed by atoms with Crippen molar-refractivity contribution in [3.63, 3.8) is 0 Å². The van der Waals surface area contributed by atoms with Crippen molar-refractivity contribution in [1.29, 1.82) is 0 Å². The summed E-state index contributed by atoms with van der Waals surface area (Å²) in [6.07, 6.45) is 3.39. The van der Waals surface area contributed by atoms with Gasteiger partial charge in [-0.3, -0.25) is 4.79 Å². The Kier molecular flexibility index (Phi) is 4.80. The van der Waals surface area contributed by atoms with Crippen LogP contribution in [0.2, 0.25) is 0 Å². The number of phenols is 1. The van der Waals surface area contributed by atoms with Crippen molar-refractivity contribution in [2.24, 2.45) is 5.92 Å². The predicted molar refractivity (Wildman–Crippen MR) is 75.4 cm³/mol. The molecule has 1 aliphatic rings. The van der Waals surface area contributed by atoms with Crippen LogP contribution in [0.15, 0.2) is 18.2 Å². The summed E-state index contributed by atoms with van der Waals surface area (Å²) in [6.45, 7) is 4.63. The molecule has 1 heterocycles. The Labute approximate surface area is 114 Å². The molecular weight excluding hydrogens is 240 g/mol. The maximum Gasteiger partial charge on any atom is 0.255 e. The highest BCUT2D eigenvalue weighted by Crippen LogP contribution is 2.21. The first kappa shape index (κ1) is 13.9. The summed E-state index contributed by atoms with van der Waals surface area (Å²) >= 11 is 0. The number of nitrogens with one attached hydrogen (secondary N) is 2. The fourth-order valence-corrected chi connectivity index (χ4v) is 2.50. The van der Waals surface area contributed by atoms with Gasteiger partial charge in [-0.2, -0.15) is 0 Å². The van der Waals surface area contributed by atoms with Gasteiger partial charge >= 0.3 is 0 Å². The van der Waals surface area contributed by atoms with E-state index in [2.05, 4.69) is 10.6 Å². The molecule has 4 nitrogen and oxygen atoms in total. The molecule has 0 unspecified atom stereocenters. The predicted octanol–water partition coefficient (Wildman–Crippen LogP) is 1.82. The zero-order valence-corrected chi connectivity index (χ0v) is 11.4. The van der Waals surface area contributed by atoms with Crippen molar-refractivity contribution < 1.29 is 9.90 Å². The average molecular weight is 262 g/mol. The van der Waals surface area contributed by atoms with Crippen LogP contribution >= 0.6 is 0 Å². The Balaban J connectivity index is 1.82. The van der Waals surface area contributed by atoms with Crippen molar-refractivity contribution in [3.8, 4) is 5.75 Å². The molecule has 0 atom stereocenters. The van der Waals surface area contributed by atoms with Gasteiger partial charge in [0, 0.05) is 6.54 Å². The third-order valence-corrected chi connectivity index (χ3v) is 3.78. The van der Waals surface area contributed by atoms with E-state index in [9.17, 15) is 9.90 Å². The summed E-state index contributed by atoms with van der Waals surface area (Å²) in [6, 6.07) is 5.24. The van der Waals surface area contributed by atoms with Gasteiger partial charge in [0.25, 0.3) is 5.91 Å². The molecule has 104 valence electrons. The van der Waals surface area contributed by atoms with Crippen LogP contribution in [0.4, 0.5) is 0 Å². The zero-order chi connectivity index (χ0) is 13.7. The van der Waals surface area contributed by atoms with Crippen LogP contribution in [0.1, 0.15) is 35.2 Å². The van der Waals surface area contributed by atoms with Gasteiger partial charge in [-0.15, -0.1) is 0 Å². The molecule has 2 rings (SSSR count). The first-order valence-corrected chi connectivity index (χ1v) is 6.96. The Bertz CT molecular complexity index is 440. The molecule has 1 amide bonds. The Hall–Kier alpha value is -1.55. The number of rotatable bonds is 4. The second kappa shape index (κ2) is 6.57. The van der Waals surface area contributed by atoms with Crippen molar-refractivity contribution in [3.05, 3.63) is 29.3 Å². The van der Waals surface area contributed by atoms with Gasteiger partial charge in [0.1, 0.15) is 5.75 Å². The lowest BCUT2D eigenvalue weighted by molar-refractivity contribution is 0.0948. The number of carbonyl (C=O) groups excluding carboxylic acids is 1. The van der Waals surface area contributed by atoms with Crippen molar-refractivity contribution in [2.75, 3.05) is 19.6 Å². The van der Waals surface area contributed by atoms with E-state index in [1.165, 1.54) is 12.8 Å². The summed E-state index contributed by atoms with van der Waals surface area (Å²) in [5, 5.41) is 16.1. The van der Waals surface area contributed by atoms with Gasteiger partial charge in [-0.25, -0.2) is 0 Å². The summed E-state index contributed by atoms with van der Waals surface area (Å²) < 4.78 is 0. The number of aryl methyl sites for hydroxylation is 1. The van der Waals surface area contributed by atoms with Crippen LogP contribution < -0.4 is 10.6 Å². The number of para-hydroxylation sites is 1. The molecule has 4 heteroatoms. The van der Waals surface area contributed by atoms with E-state index in [4.69, 9.17) is 0 Å². The molecule has 1 aliphatic heterocycles. The van der Waals surface area contributed by atoms with Crippen LogP contribution in [-0.2, 0) is 0 Å². The first-order chi connectivity index (χ1) is 9.18. The highest BCUT2D eigenvalue weighted by molar-refractivity contribution is 5.97. The summed E-state index contributed by atoms with van der Waals surface area (Å²) in [5.74, 6) is 0.602. The number of piperidine rings is 1. The number of carbonyl (C=O) groups is 1. The standard InChI is InChI=1S/C15H22N2O2/c1-11-3-2-4-13(14(11)18)15(19)17-10-7-12-5-8-16-9-6-12/h2-4,12,16,18H,5-10H2,1H3,(H,17,19). The zero-order valence-electron chi connectivity index (χ0n) is 11.4. The van der Waals surface area contributed by atoms with Gasteiger partial charge < -0.3 is 15.7 Å². The summed E-state index contributed by atoms with van der Waals surface area (Å²) in [4.78, 5) is 12.0. The molecule has 0 spiro atoms. The lowest BCUT2D eigenvalue weighted by atomic mass is 9.95. The monoisotopic (exact) mass is 262 g/mol. The summed E-state index contributed by atoms with van der Waals surface area (Å²) in [5.41, 5.74) is 1.09. The van der Waals surface area contributed by atoms with Gasteiger partial charge in [-0.1, -0.05) is 12.1 Å². The molecule has 1 fully saturated rings. The van der Waals surface area contributed by atoms with Gasteiger partial charge in [0.15, 0.2) is 0 Å². The molecule has 0 bridgehead atoms. The third kappa shape index (κ3) is 3.70. The minimum absolute atomic E-state index is 0.0851. The minimum Gasteiger partial charge on any atom is -0.507 e. The van der Waals surface area contributed by atoms with E-state index in [0.29, 0.717) is 18.0 Å². The van der Waals surface area contributed by atoms with Crippen molar-refractivity contribution in [2.45, 2.75) is 26.2 Å². The quantitative estimate of drug-likeness (QED) is 0.775. The molecule has 0 aliphatic carbocycles. The number of benzene rings is 1. The topological polar surface area (TPSA) is 61.4 Å². The minimum atomic E-state index is -0.185. The molecule has 1 saturated heterocycles. The molecule has 1 aromatic carbocycles. The van der Waals surface area contributed by atoms with E-state index in [0.717, 1.165) is 25.1 Å². The fourth-order valence-electron chi connectivity index (χ4n) is 2.50. The largest absolute Gasteiger partial charge is 0.507 e. The third-order valence-electron chi connectivity index (χ3n) is 3.78. The van der Waals surface area contributed by atoms with Crippen LogP contribution in [0, 0.1) is 12.8 Å². The second-order valence-electron chi connectivity index (χ2n) is 5.21. The van der Waals surface area contributed by atoms with Crippen LogP contribution in [0.25, 0.3) is 0 Å². The number of phenolic OH excluding ortho intramolecular Hbond substituents is 1. The number of hydrogen-bond donors (Lipinski definition) is 3. The smallest absolute Gasteiger partial charge is 0.255 e. The molecule has 19 heavy (non-hydrogen) atoms. The SMILES string of the molecule is Cc1cccc(C(=O)NCCC2CCNCC2)c1O. The van der Waals surface area contributed by atoms with E-state index in [-0.39, 0.29) is 11.7 Å². The summed E-state index contributed by atoms with van der Waals surface area (Å²) in [7, 11) is 0.